The van der Waals surface area contributed by atoms with E-state index in [1.165, 1.54) is 24.3 Å². The number of hydrogen-bond donors (Lipinski definition) is 1. The first kappa shape index (κ1) is 25.8. The fourth-order valence-electron chi connectivity index (χ4n) is 5.47. The fourth-order valence-corrected chi connectivity index (χ4v) is 5.47. The molecule has 6 rings (SSSR count). The van der Waals surface area contributed by atoms with Gasteiger partial charge in [-0.25, -0.2) is 13.5 Å². The van der Waals surface area contributed by atoms with Crippen LogP contribution in [-0.2, 0) is 6.54 Å². The lowest BCUT2D eigenvalue weighted by Gasteiger charge is -2.39. The van der Waals surface area contributed by atoms with Crippen molar-refractivity contribution in [3.8, 4) is 0 Å². The van der Waals surface area contributed by atoms with Crippen LogP contribution in [0.2, 0.25) is 0 Å². The van der Waals surface area contributed by atoms with Crippen LogP contribution < -0.4 is 10.5 Å². The molecule has 10 heteroatoms. The van der Waals surface area contributed by atoms with Gasteiger partial charge in [-0.15, -0.1) is 5.10 Å². The number of rotatable bonds is 6. The van der Waals surface area contributed by atoms with Crippen LogP contribution >= 0.6 is 0 Å². The first-order chi connectivity index (χ1) is 19.4. The molecule has 1 fully saturated rings. The molecule has 40 heavy (non-hydrogen) atoms. The van der Waals surface area contributed by atoms with Crippen molar-refractivity contribution in [1.82, 2.24) is 30.1 Å². The van der Waals surface area contributed by atoms with Crippen molar-refractivity contribution in [3.63, 3.8) is 0 Å². The molecule has 0 saturated carbocycles. The number of aromatic nitrogens is 5. The van der Waals surface area contributed by atoms with E-state index in [1.54, 1.807) is 28.9 Å². The molecule has 0 spiro atoms. The van der Waals surface area contributed by atoms with Crippen LogP contribution in [0.4, 0.5) is 14.5 Å². The number of piperazine rings is 1. The Hall–Kier alpha value is -4.44. The minimum absolute atomic E-state index is 0.191. The average molecular weight is 542 g/mol. The molecule has 0 bridgehead atoms. The smallest absolute Gasteiger partial charge is 0.253 e. The van der Waals surface area contributed by atoms with Gasteiger partial charge in [-0.1, -0.05) is 24.3 Å². The van der Waals surface area contributed by atoms with Crippen LogP contribution in [-0.4, -0.2) is 56.3 Å². The van der Waals surface area contributed by atoms with Crippen LogP contribution in [0.25, 0.3) is 10.9 Å². The number of benzene rings is 3. The molecular weight excluding hydrogens is 512 g/mol. The minimum Gasteiger partial charge on any atom is -0.369 e. The second-order valence-corrected chi connectivity index (χ2v) is 10.3. The van der Waals surface area contributed by atoms with Gasteiger partial charge in [0.1, 0.15) is 17.7 Å². The van der Waals surface area contributed by atoms with Crippen LogP contribution in [0.3, 0.4) is 0 Å². The molecular formula is C30H29F2N7O. The zero-order valence-electron chi connectivity index (χ0n) is 22.3. The van der Waals surface area contributed by atoms with Gasteiger partial charge in [-0.2, -0.15) is 0 Å². The summed E-state index contributed by atoms with van der Waals surface area (Å²) >= 11 is 0. The zero-order valence-corrected chi connectivity index (χ0v) is 22.3. The highest BCUT2D eigenvalue weighted by Crippen LogP contribution is 2.30. The summed E-state index contributed by atoms with van der Waals surface area (Å²) in [5.74, 6) is -0.0443. The number of nitrogens with zero attached hydrogens (tertiary/aromatic N) is 6. The van der Waals surface area contributed by atoms with Gasteiger partial charge in [-0.3, -0.25) is 9.69 Å². The average Bonchev–Trinajstić information content (AvgIpc) is 3.41. The molecule has 2 aromatic heterocycles. The maximum atomic E-state index is 13.7. The Bertz CT molecular complexity index is 1710. The summed E-state index contributed by atoms with van der Waals surface area (Å²) < 4.78 is 28.7. The minimum atomic E-state index is -0.515. The van der Waals surface area contributed by atoms with Crippen LogP contribution in [0.5, 0.6) is 0 Å². The summed E-state index contributed by atoms with van der Waals surface area (Å²) in [4.78, 5) is 21.2. The number of anilines is 1. The van der Waals surface area contributed by atoms with Gasteiger partial charge in [0.25, 0.3) is 5.56 Å². The number of nitrogens with one attached hydrogen (secondary N) is 1. The van der Waals surface area contributed by atoms with Gasteiger partial charge < -0.3 is 9.88 Å². The standard InChI is InChI=1S/C30H29F2N7O/c1-19-3-4-20(2)27-25(19)17-26(30(40)33-27)28(29-34-35-36-39(29)18-21-5-7-22(31)8-6-21)38-15-13-37(14-16-38)24-11-9-23(32)10-12-24/h3-12,17,28H,13-16,18H2,1-2H3,(H,33,40)/t28-/m0/s1. The molecule has 0 unspecified atom stereocenters. The van der Waals surface area contributed by atoms with Gasteiger partial charge in [0, 0.05) is 42.8 Å². The van der Waals surface area contributed by atoms with Crippen LogP contribution in [0.15, 0.2) is 71.5 Å². The summed E-state index contributed by atoms with van der Waals surface area (Å²) in [6, 6.07) is 18.2. The Kier molecular flexibility index (Phi) is 6.85. The molecule has 0 amide bonds. The molecule has 5 aromatic rings. The number of aromatic amines is 1. The lowest BCUT2D eigenvalue weighted by Crippen LogP contribution is -2.49. The predicted molar refractivity (Wildman–Crippen MR) is 149 cm³/mol. The van der Waals surface area contributed by atoms with Gasteiger partial charge >= 0.3 is 0 Å². The maximum absolute atomic E-state index is 13.7. The van der Waals surface area contributed by atoms with E-state index in [0.717, 1.165) is 33.3 Å². The van der Waals surface area contributed by atoms with E-state index >= 15 is 0 Å². The first-order valence-electron chi connectivity index (χ1n) is 13.3. The molecule has 8 nitrogen and oxygen atoms in total. The number of hydrogen-bond acceptors (Lipinski definition) is 6. The molecule has 0 radical (unpaired) electrons. The van der Waals surface area contributed by atoms with Crippen molar-refractivity contribution in [2.24, 2.45) is 0 Å². The molecule has 1 atom stereocenters. The van der Waals surface area contributed by atoms with Gasteiger partial charge in [0.15, 0.2) is 5.82 Å². The van der Waals surface area contributed by atoms with Gasteiger partial charge in [-0.05, 0) is 83.4 Å². The highest BCUT2D eigenvalue weighted by molar-refractivity contribution is 5.85. The molecule has 3 aromatic carbocycles. The number of halogens is 2. The van der Waals surface area contributed by atoms with Gasteiger partial charge in [0.05, 0.1) is 12.1 Å². The highest BCUT2D eigenvalue weighted by atomic mass is 19.1. The molecule has 0 aliphatic carbocycles. The molecule has 3 heterocycles. The molecule has 1 aliphatic heterocycles. The van der Waals surface area contributed by atoms with Crippen LogP contribution in [0.1, 0.15) is 34.1 Å². The van der Waals surface area contributed by atoms with E-state index in [1.807, 2.05) is 26.0 Å². The number of pyridine rings is 1. The van der Waals surface area contributed by atoms with Crippen molar-refractivity contribution in [3.05, 3.63) is 117 Å². The molecule has 1 saturated heterocycles. The quantitative estimate of drug-likeness (QED) is 0.344. The Labute approximate surface area is 229 Å². The Morgan fingerprint density at radius 2 is 1.52 bits per heavy atom. The fraction of sp³-hybridized carbons (Fsp3) is 0.267. The normalized spacial score (nSPS) is 15.1. The van der Waals surface area contributed by atoms with Crippen molar-refractivity contribution < 1.29 is 8.78 Å². The van der Waals surface area contributed by atoms with E-state index in [2.05, 4.69) is 36.4 Å². The highest BCUT2D eigenvalue weighted by Gasteiger charge is 2.33. The summed E-state index contributed by atoms with van der Waals surface area (Å²) in [7, 11) is 0. The zero-order chi connectivity index (χ0) is 27.8. The van der Waals surface area contributed by atoms with Crippen molar-refractivity contribution >= 4 is 16.6 Å². The lowest BCUT2D eigenvalue weighted by atomic mass is 9.99. The largest absolute Gasteiger partial charge is 0.369 e. The second kappa shape index (κ2) is 10.6. The third kappa shape index (κ3) is 4.98. The monoisotopic (exact) mass is 541 g/mol. The second-order valence-electron chi connectivity index (χ2n) is 10.3. The number of tetrazole rings is 1. The summed E-state index contributed by atoms with van der Waals surface area (Å²) in [5.41, 5.74) is 5.04. The van der Waals surface area contributed by atoms with Crippen molar-refractivity contribution in [2.75, 3.05) is 31.1 Å². The molecule has 1 aliphatic rings. The third-order valence-corrected chi connectivity index (χ3v) is 7.69. The Balaban J connectivity index is 1.40. The van der Waals surface area contributed by atoms with Crippen LogP contribution in [0, 0.1) is 25.5 Å². The first-order valence-corrected chi connectivity index (χ1v) is 13.3. The topological polar surface area (TPSA) is 82.9 Å². The lowest BCUT2D eigenvalue weighted by molar-refractivity contribution is 0.200. The third-order valence-electron chi connectivity index (χ3n) is 7.69. The number of H-pyrrole nitrogens is 1. The van der Waals surface area contributed by atoms with E-state index in [4.69, 9.17) is 0 Å². The van der Waals surface area contributed by atoms with E-state index in [0.29, 0.717) is 44.1 Å². The SMILES string of the molecule is Cc1ccc(C)c2[nH]c(=O)c([C@@H](c3nnnn3Cc3ccc(F)cc3)N3CCN(c4ccc(F)cc4)CC3)cc12. The summed E-state index contributed by atoms with van der Waals surface area (Å²) in [6.45, 7) is 6.98. The summed E-state index contributed by atoms with van der Waals surface area (Å²) in [5, 5.41) is 13.6. The van der Waals surface area contributed by atoms with Gasteiger partial charge in [0.2, 0.25) is 0 Å². The van der Waals surface area contributed by atoms with E-state index in [9.17, 15) is 13.6 Å². The van der Waals surface area contributed by atoms with Crippen molar-refractivity contribution in [2.45, 2.75) is 26.4 Å². The molecule has 1 N–H and O–H groups in total. The number of aryl methyl sites for hydroxylation is 2. The van der Waals surface area contributed by atoms with E-state index in [-0.39, 0.29) is 17.2 Å². The van der Waals surface area contributed by atoms with Crippen molar-refractivity contribution in [1.29, 1.82) is 0 Å². The van der Waals surface area contributed by atoms with E-state index < -0.39 is 6.04 Å². The molecule has 204 valence electrons. The Morgan fingerprint density at radius 3 is 2.23 bits per heavy atom. The predicted octanol–water partition coefficient (Wildman–Crippen LogP) is 4.37. The Morgan fingerprint density at radius 1 is 0.875 bits per heavy atom. The maximum Gasteiger partial charge on any atom is 0.253 e. The number of fused-ring (bicyclic) bond motifs is 1. The summed E-state index contributed by atoms with van der Waals surface area (Å²) in [6.07, 6.45) is 0.